The number of alkyl halides is 3. The van der Waals surface area contributed by atoms with Crippen molar-refractivity contribution < 1.29 is 26.4 Å². The van der Waals surface area contributed by atoms with E-state index in [-0.39, 0.29) is 30.5 Å². The molecule has 0 saturated carbocycles. The first-order chi connectivity index (χ1) is 16.4. The fraction of sp³-hybridized carbons (Fsp3) is 0.227. The summed E-state index contributed by atoms with van der Waals surface area (Å²) < 4.78 is 66.6. The fourth-order valence-corrected chi connectivity index (χ4v) is 4.17. The topological polar surface area (TPSA) is 125 Å². The molecule has 3 aromatic rings. The zero-order valence-electron chi connectivity index (χ0n) is 18.6. The third-order valence-corrected chi connectivity index (χ3v) is 5.67. The van der Waals surface area contributed by atoms with Crippen molar-refractivity contribution in [1.82, 2.24) is 9.97 Å². The second-order valence-electron chi connectivity index (χ2n) is 8.06. The molecule has 1 amide bonds. The van der Waals surface area contributed by atoms with Gasteiger partial charge < -0.3 is 16.0 Å². The van der Waals surface area contributed by atoms with E-state index in [1.807, 2.05) is 0 Å². The summed E-state index contributed by atoms with van der Waals surface area (Å²) in [7, 11) is -3.60. The first-order valence-electron chi connectivity index (χ1n) is 10.3. The average molecular weight is 507 g/mol. The Hall–Kier alpha value is -3.87. The van der Waals surface area contributed by atoms with Crippen LogP contribution in [0.1, 0.15) is 22.3 Å². The summed E-state index contributed by atoms with van der Waals surface area (Å²) in [6, 6.07) is 9.91. The number of benzene rings is 2. The minimum atomic E-state index is -4.72. The lowest BCUT2D eigenvalue weighted by Gasteiger charge is -2.17. The molecule has 1 aliphatic heterocycles. The number of carbonyl (C=O) groups excluding carboxylic acids is 1. The van der Waals surface area contributed by atoms with Crippen molar-refractivity contribution >= 4 is 44.8 Å². The highest BCUT2D eigenvalue weighted by Crippen LogP contribution is 2.35. The van der Waals surface area contributed by atoms with Gasteiger partial charge >= 0.3 is 6.18 Å². The van der Waals surface area contributed by atoms with Crippen molar-refractivity contribution in [3.05, 3.63) is 64.8 Å². The molecule has 1 aromatic heterocycles. The number of rotatable bonds is 7. The van der Waals surface area contributed by atoms with Crippen molar-refractivity contribution in [1.29, 1.82) is 0 Å². The smallest absolute Gasteiger partial charge is 0.365 e. The van der Waals surface area contributed by atoms with Gasteiger partial charge in [0.05, 0.1) is 18.4 Å². The molecule has 0 spiro atoms. The van der Waals surface area contributed by atoms with Gasteiger partial charge in [-0.25, -0.2) is 13.4 Å². The summed E-state index contributed by atoms with van der Waals surface area (Å²) in [6.45, 7) is 1.65. The van der Waals surface area contributed by atoms with Crippen LogP contribution in [0, 0.1) is 6.92 Å². The molecular weight excluding hydrogens is 485 g/mol. The molecule has 4 rings (SSSR count). The maximum atomic E-state index is 13.6. The number of anilines is 5. The van der Waals surface area contributed by atoms with Crippen LogP contribution in [0.25, 0.3) is 0 Å². The fourth-order valence-electron chi connectivity index (χ4n) is 3.57. The number of halogens is 3. The Bertz CT molecular complexity index is 1410. The molecular formula is C22H21F3N6O3S. The number of hydrogen-bond acceptors (Lipinski definition) is 7. The standard InChI is InChI=1S/C22H21F3N6O3S/c1-12-3-5-18(31-35(2,33)34)14(7-12)10-26-20-16(22(23,24)25)11-27-21(30-20)28-15-4-6-17-13(8-15)9-19(32)29-17/h3-8,11,31H,9-10H2,1-2H3,(H,29,32)(H2,26,27,28,30). The Balaban J connectivity index is 1.61. The number of hydrogen-bond donors (Lipinski definition) is 4. The molecule has 4 N–H and O–H groups in total. The zero-order chi connectivity index (χ0) is 25.4. The number of amides is 1. The lowest BCUT2D eigenvalue weighted by molar-refractivity contribution is -0.137. The van der Waals surface area contributed by atoms with Gasteiger partial charge in [0.25, 0.3) is 0 Å². The molecule has 0 bridgehead atoms. The van der Waals surface area contributed by atoms with Crippen molar-refractivity contribution in [2.24, 2.45) is 0 Å². The second kappa shape index (κ2) is 9.06. The van der Waals surface area contributed by atoms with Crippen LogP contribution >= 0.6 is 0 Å². The predicted molar refractivity (Wildman–Crippen MR) is 126 cm³/mol. The Morgan fingerprint density at radius 3 is 2.63 bits per heavy atom. The number of nitrogens with one attached hydrogen (secondary N) is 4. The van der Waals surface area contributed by atoms with Gasteiger partial charge in [-0.1, -0.05) is 17.7 Å². The molecule has 1 aliphatic rings. The van der Waals surface area contributed by atoms with Crippen molar-refractivity contribution in [2.45, 2.75) is 26.1 Å². The molecule has 184 valence electrons. The number of sulfonamides is 1. The number of aromatic nitrogens is 2. The number of fused-ring (bicyclic) bond motifs is 1. The Morgan fingerprint density at radius 2 is 1.91 bits per heavy atom. The summed E-state index contributed by atoms with van der Waals surface area (Å²) in [5.74, 6) is -0.702. The van der Waals surface area contributed by atoms with E-state index in [0.717, 1.165) is 17.4 Å². The van der Waals surface area contributed by atoms with Gasteiger partial charge in [-0.2, -0.15) is 18.2 Å². The summed E-state index contributed by atoms with van der Waals surface area (Å²) in [4.78, 5) is 19.3. The van der Waals surface area contributed by atoms with Gasteiger partial charge in [-0.05, 0) is 42.3 Å². The lowest BCUT2D eigenvalue weighted by atomic mass is 10.1. The molecule has 0 radical (unpaired) electrons. The highest BCUT2D eigenvalue weighted by atomic mass is 32.2. The van der Waals surface area contributed by atoms with E-state index >= 15 is 0 Å². The summed E-state index contributed by atoms with van der Waals surface area (Å²) in [5, 5.41) is 8.22. The Labute approximate surface area is 199 Å². The molecule has 0 fully saturated rings. The minimum absolute atomic E-state index is 0.0866. The predicted octanol–water partition coefficient (Wildman–Crippen LogP) is 4.03. The summed E-state index contributed by atoms with van der Waals surface area (Å²) >= 11 is 0. The maximum absolute atomic E-state index is 13.6. The zero-order valence-corrected chi connectivity index (χ0v) is 19.4. The van der Waals surface area contributed by atoms with Gasteiger partial charge in [0.1, 0.15) is 11.4 Å². The van der Waals surface area contributed by atoms with Crippen molar-refractivity contribution in [2.75, 3.05) is 26.9 Å². The van der Waals surface area contributed by atoms with Gasteiger partial charge in [-0.15, -0.1) is 0 Å². The second-order valence-corrected chi connectivity index (χ2v) is 9.81. The highest BCUT2D eigenvalue weighted by molar-refractivity contribution is 7.92. The number of aryl methyl sites for hydroxylation is 1. The first-order valence-corrected chi connectivity index (χ1v) is 12.2. The van der Waals surface area contributed by atoms with Crippen LogP contribution in [0.3, 0.4) is 0 Å². The quantitative estimate of drug-likeness (QED) is 0.381. The molecule has 13 heteroatoms. The van der Waals surface area contributed by atoms with Gasteiger partial charge in [0.2, 0.25) is 21.9 Å². The molecule has 0 saturated heterocycles. The molecule has 0 unspecified atom stereocenters. The van der Waals surface area contributed by atoms with E-state index < -0.39 is 27.6 Å². The molecule has 0 atom stereocenters. The average Bonchev–Trinajstić information content (AvgIpc) is 3.11. The summed E-state index contributed by atoms with van der Waals surface area (Å²) in [5.41, 5.74) is 2.33. The maximum Gasteiger partial charge on any atom is 0.421 e. The van der Waals surface area contributed by atoms with Gasteiger partial charge in [-0.3, -0.25) is 9.52 Å². The van der Waals surface area contributed by atoms with E-state index in [0.29, 0.717) is 23.1 Å². The lowest BCUT2D eigenvalue weighted by Crippen LogP contribution is -2.16. The molecule has 2 heterocycles. The highest BCUT2D eigenvalue weighted by Gasteiger charge is 2.35. The SMILES string of the molecule is Cc1ccc(NS(C)(=O)=O)c(CNc2nc(Nc3ccc4c(c3)CC(=O)N4)ncc2C(F)(F)F)c1. The van der Waals surface area contributed by atoms with Gasteiger partial charge in [0, 0.05) is 24.1 Å². The van der Waals surface area contributed by atoms with Crippen LogP contribution in [0.15, 0.2) is 42.6 Å². The van der Waals surface area contributed by atoms with Crippen LogP contribution in [0.5, 0.6) is 0 Å². The van der Waals surface area contributed by atoms with E-state index in [4.69, 9.17) is 0 Å². The van der Waals surface area contributed by atoms with E-state index in [1.165, 1.54) is 0 Å². The van der Waals surface area contributed by atoms with Crippen LogP contribution < -0.4 is 20.7 Å². The normalized spacial score (nSPS) is 13.2. The monoisotopic (exact) mass is 506 g/mol. The molecule has 2 aromatic carbocycles. The molecule has 35 heavy (non-hydrogen) atoms. The molecule has 9 nitrogen and oxygen atoms in total. The van der Waals surface area contributed by atoms with E-state index in [9.17, 15) is 26.4 Å². The van der Waals surface area contributed by atoms with Crippen LogP contribution in [-0.2, 0) is 34.0 Å². The van der Waals surface area contributed by atoms with E-state index in [2.05, 4.69) is 30.6 Å². The van der Waals surface area contributed by atoms with Crippen LogP contribution in [0.2, 0.25) is 0 Å². The van der Waals surface area contributed by atoms with Crippen LogP contribution in [-0.4, -0.2) is 30.5 Å². The van der Waals surface area contributed by atoms with E-state index in [1.54, 1.807) is 43.3 Å². The van der Waals surface area contributed by atoms with Crippen molar-refractivity contribution in [3.63, 3.8) is 0 Å². The Kier molecular flexibility index (Phi) is 6.28. The summed E-state index contributed by atoms with van der Waals surface area (Å²) in [6.07, 6.45) is -2.87. The third-order valence-electron chi connectivity index (χ3n) is 5.08. The number of nitrogens with zero attached hydrogens (tertiary/aromatic N) is 2. The van der Waals surface area contributed by atoms with Gasteiger partial charge in [0.15, 0.2) is 0 Å². The van der Waals surface area contributed by atoms with Crippen molar-refractivity contribution in [3.8, 4) is 0 Å². The third kappa shape index (κ3) is 5.98. The first kappa shape index (κ1) is 24.3. The molecule has 0 aliphatic carbocycles. The largest absolute Gasteiger partial charge is 0.421 e. The van der Waals surface area contributed by atoms with Crippen LogP contribution in [0.4, 0.5) is 42.0 Å². The Morgan fingerprint density at radius 1 is 1.14 bits per heavy atom. The minimum Gasteiger partial charge on any atom is -0.365 e. The number of carbonyl (C=O) groups is 1.